The van der Waals surface area contributed by atoms with Gasteiger partial charge in [-0.3, -0.25) is 9.59 Å². The maximum atomic E-state index is 11.3. The molecule has 0 aliphatic carbocycles. The fraction of sp³-hybridized carbons (Fsp3) is 0.833. The molecule has 0 saturated carbocycles. The summed E-state index contributed by atoms with van der Waals surface area (Å²) in [5, 5.41) is 11.2. The van der Waals surface area contributed by atoms with Gasteiger partial charge in [-0.05, 0) is 0 Å². The molecule has 0 saturated heterocycles. The zero-order chi connectivity index (χ0) is 26.4. The van der Waals surface area contributed by atoms with Gasteiger partial charge in [0.1, 0.15) is 0 Å². The number of nitrogens with one attached hydrogen (secondary N) is 1. The minimum atomic E-state index is -0.876. The molecule has 0 aliphatic heterocycles. The number of carboxylic acid groups (broad SMARTS) is 1. The Hall–Kier alpha value is -1.82. The Morgan fingerprint density at radius 3 is 1.22 bits per heavy atom. The number of rotatable bonds is 29. The van der Waals surface area contributed by atoms with Crippen LogP contribution in [0.2, 0.25) is 0 Å². The van der Waals surface area contributed by atoms with Crippen LogP contribution in [0, 0.1) is 12.3 Å². The molecule has 0 unspecified atom stereocenters. The molecule has 2 N–H and O–H groups in total. The molecule has 0 aromatic rings. The molecule has 0 bridgehead atoms. The first kappa shape index (κ1) is 34.2. The summed E-state index contributed by atoms with van der Waals surface area (Å²) in [5.74, 6) is 1.48. The van der Waals surface area contributed by atoms with E-state index in [1.165, 1.54) is 0 Å². The summed E-state index contributed by atoms with van der Waals surface area (Å²) in [6, 6.07) is 0. The molecule has 12 heteroatoms. The summed E-state index contributed by atoms with van der Waals surface area (Å²) in [7, 11) is 0. The number of aliphatic carboxylic acids is 1. The molecular formula is C24H43NO11. The molecule has 1 amide bonds. The molecule has 0 aliphatic rings. The van der Waals surface area contributed by atoms with Crippen molar-refractivity contribution in [3.05, 3.63) is 0 Å². The molecule has 0 aromatic heterocycles. The first-order valence-corrected chi connectivity index (χ1v) is 12.2. The van der Waals surface area contributed by atoms with Gasteiger partial charge in [-0.1, -0.05) is 0 Å². The number of carbonyl (C=O) groups excluding carboxylic acids is 1. The van der Waals surface area contributed by atoms with Crippen LogP contribution in [0.5, 0.6) is 0 Å². The van der Waals surface area contributed by atoms with Crippen molar-refractivity contribution in [2.24, 2.45) is 0 Å². The third-order valence-electron chi connectivity index (χ3n) is 4.13. The van der Waals surface area contributed by atoms with Gasteiger partial charge < -0.3 is 48.3 Å². The Labute approximate surface area is 214 Å². The molecule has 12 nitrogen and oxygen atoms in total. The molecule has 0 fully saturated rings. The summed E-state index contributed by atoms with van der Waals surface area (Å²) in [6.07, 6.45) is 5.87. The zero-order valence-corrected chi connectivity index (χ0v) is 21.2. The van der Waals surface area contributed by atoms with E-state index in [1.807, 2.05) is 0 Å². The van der Waals surface area contributed by atoms with Crippen molar-refractivity contribution >= 4 is 11.9 Å². The highest BCUT2D eigenvalue weighted by atomic mass is 16.6. The van der Waals surface area contributed by atoms with Crippen LogP contribution in [-0.2, 0) is 47.5 Å². The van der Waals surface area contributed by atoms with Crippen molar-refractivity contribution < 1.29 is 52.6 Å². The van der Waals surface area contributed by atoms with Crippen LogP contribution in [0.3, 0.4) is 0 Å². The van der Waals surface area contributed by atoms with Crippen molar-refractivity contribution in [1.82, 2.24) is 5.32 Å². The van der Waals surface area contributed by atoms with Crippen molar-refractivity contribution in [3.8, 4) is 12.3 Å². The van der Waals surface area contributed by atoms with Gasteiger partial charge >= 0.3 is 5.97 Å². The van der Waals surface area contributed by atoms with E-state index in [-0.39, 0.29) is 18.9 Å². The van der Waals surface area contributed by atoms with Gasteiger partial charge in [0.05, 0.1) is 112 Å². The topological polar surface area (TPSA) is 140 Å². The van der Waals surface area contributed by atoms with Gasteiger partial charge in [0, 0.05) is 19.4 Å². The molecule has 0 heterocycles. The predicted octanol–water partition coefficient (Wildman–Crippen LogP) is 0.124. The number of carboxylic acids is 1. The van der Waals surface area contributed by atoms with E-state index in [4.69, 9.17) is 49.4 Å². The lowest BCUT2D eigenvalue weighted by molar-refractivity contribution is -0.138. The van der Waals surface area contributed by atoms with Crippen LogP contribution in [0.15, 0.2) is 0 Å². The number of hydrogen-bond donors (Lipinski definition) is 2. The van der Waals surface area contributed by atoms with Crippen molar-refractivity contribution in [2.45, 2.75) is 19.3 Å². The summed E-state index contributed by atoms with van der Waals surface area (Å²) in [5.41, 5.74) is 0. The Morgan fingerprint density at radius 2 is 0.889 bits per heavy atom. The molecule has 0 rings (SSSR count). The van der Waals surface area contributed by atoms with Crippen LogP contribution in [0.1, 0.15) is 19.3 Å². The minimum absolute atomic E-state index is 0.00381. The Bertz CT molecular complexity index is 543. The molecule has 0 atom stereocenters. The number of hydrogen-bond acceptors (Lipinski definition) is 10. The van der Waals surface area contributed by atoms with E-state index in [9.17, 15) is 9.59 Å². The van der Waals surface area contributed by atoms with Gasteiger partial charge in [0.2, 0.25) is 5.91 Å². The summed E-state index contributed by atoms with van der Waals surface area (Å²) in [6.45, 7) is 7.47. The van der Waals surface area contributed by atoms with Crippen LogP contribution < -0.4 is 5.32 Å². The second-order valence-electron chi connectivity index (χ2n) is 7.10. The van der Waals surface area contributed by atoms with Crippen LogP contribution in [0.4, 0.5) is 0 Å². The van der Waals surface area contributed by atoms with Crippen molar-refractivity contribution in [3.63, 3.8) is 0 Å². The van der Waals surface area contributed by atoms with Gasteiger partial charge in [-0.15, -0.1) is 12.3 Å². The Balaban J connectivity index is 3.07. The fourth-order valence-electron chi connectivity index (χ4n) is 2.34. The number of ether oxygens (including phenoxy) is 8. The van der Waals surface area contributed by atoms with Crippen LogP contribution >= 0.6 is 0 Å². The van der Waals surface area contributed by atoms with E-state index in [0.717, 1.165) is 0 Å². The van der Waals surface area contributed by atoms with Gasteiger partial charge in [-0.2, -0.15) is 0 Å². The normalized spacial score (nSPS) is 10.9. The maximum absolute atomic E-state index is 11.3. The molecular weight excluding hydrogens is 478 g/mol. The smallest absolute Gasteiger partial charge is 0.305 e. The lowest BCUT2D eigenvalue weighted by Gasteiger charge is -2.09. The van der Waals surface area contributed by atoms with E-state index < -0.39 is 5.97 Å². The largest absolute Gasteiger partial charge is 0.481 e. The number of terminal acetylenes is 1. The minimum Gasteiger partial charge on any atom is -0.481 e. The SMILES string of the molecule is C#CCCC(=O)NCCOCCOCCOCCOCCOCCOCCOCCOCCC(=O)O. The highest BCUT2D eigenvalue weighted by Gasteiger charge is 1.99. The number of carbonyl (C=O) groups is 2. The Morgan fingerprint density at radius 1 is 0.556 bits per heavy atom. The third-order valence-corrected chi connectivity index (χ3v) is 4.13. The second-order valence-corrected chi connectivity index (χ2v) is 7.10. The van der Waals surface area contributed by atoms with Crippen LogP contribution in [0.25, 0.3) is 0 Å². The standard InChI is InChI=1S/C24H43NO11/c1-2-3-4-23(26)25-6-8-30-10-12-32-14-16-34-18-20-36-22-21-35-19-17-33-15-13-31-11-9-29-7-5-24(27)28/h1H,3-22H2,(H,25,26)(H,27,28). The summed E-state index contributed by atoms with van der Waals surface area (Å²) < 4.78 is 42.7. The van der Waals surface area contributed by atoms with Crippen molar-refractivity contribution in [2.75, 3.05) is 112 Å². The lowest BCUT2D eigenvalue weighted by Crippen LogP contribution is -2.27. The highest BCUT2D eigenvalue weighted by molar-refractivity contribution is 5.76. The molecule has 36 heavy (non-hydrogen) atoms. The third kappa shape index (κ3) is 30.2. The van der Waals surface area contributed by atoms with E-state index in [0.29, 0.717) is 118 Å². The zero-order valence-electron chi connectivity index (χ0n) is 21.2. The molecule has 0 spiro atoms. The monoisotopic (exact) mass is 521 g/mol. The quantitative estimate of drug-likeness (QED) is 0.102. The van der Waals surface area contributed by atoms with Gasteiger partial charge in [-0.25, -0.2) is 0 Å². The average molecular weight is 522 g/mol. The maximum Gasteiger partial charge on any atom is 0.305 e. The van der Waals surface area contributed by atoms with E-state index in [1.54, 1.807) is 0 Å². The Kier molecular flexibility index (Phi) is 27.9. The first-order chi connectivity index (χ1) is 17.7. The van der Waals surface area contributed by atoms with Crippen LogP contribution in [-0.4, -0.2) is 129 Å². The molecule has 0 aromatic carbocycles. The predicted molar refractivity (Wildman–Crippen MR) is 130 cm³/mol. The highest BCUT2D eigenvalue weighted by Crippen LogP contribution is 1.87. The fourth-order valence-corrected chi connectivity index (χ4v) is 2.34. The second kappa shape index (κ2) is 29.4. The first-order valence-electron chi connectivity index (χ1n) is 12.2. The average Bonchev–Trinajstić information content (AvgIpc) is 2.86. The van der Waals surface area contributed by atoms with Gasteiger partial charge in [0.15, 0.2) is 0 Å². The van der Waals surface area contributed by atoms with E-state index >= 15 is 0 Å². The summed E-state index contributed by atoms with van der Waals surface area (Å²) in [4.78, 5) is 21.6. The molecule has 210 valence electrons. The van der Waals surface area contributed by atoms with Crippen molar-refractivity contribution in [1.29, 1.82) is 0 Å². The van der Waals surface area contributed by atoms with Gasteiger partial charge in [0.25, 0.3) is 0 Å². The van der Waals surface area contributed by atoms with E-state index in [2.05, 4.69) is 11.2 Å². The summed E-state index contributed by atoms with van der Waals surface area (Å²) >= 11 is 0. The lowest BCUT2D eigenvalue weighted by atomic mass is 10.3. The molecule has 0 radical (unpaired) electrons. The number of amides is 1.